The van der Waals surface area contributed by atoms with Crippen LogP contribution in [0.1, 0.15) is 39.2 Å². The van der Waals surface area contributed by atoms with Gasteiger partial charge in [-0.25, -0.2) is 18.6 Å². The van der Waals surface area contributed by atoms with Gasteiger partial charge in [0.2, 0.25) is 10.0 Å². The van der Waals surface area contributed by atoms with E-state index in [-0.39, 0.29) is 49.2 Å². The molecule has 3 heterocycles. The van der Waals surface area contributed by atoms with Crippen LogP contribution in [0, 0.1) is 0 Å². The second-order valence-electron chi connectivity index (χ2n) is 9.84. The molecule has 0 spiro atoms. The van der Waals surface area contributed by atoms with Crippen LogP contribution in [0.5, 0.6) is 5.75 Å². The first-order valence-electron chi connectivity index (χ1n) is 11.6. The van der Waals surface area contributed by atoms with E-state index in [1.807, 2.05) is 26.8 Å². The summed E-state index contributed by atoms with van der Waals surface area (Å²) in [7, 11) is -3.83. The summed E-state index contributed by atoms with van der Waals surface area (Å²) in [5.41, 5.74) is 3.36. The lowest BCUT2D eigenvalue weighted by Gasteiger charge is -2.39. The van der Waals surface area contributed by atoms with Crippen molar-refractivity contribution < 1.29 is 27.5 Å². The summed E-state index contributed by atoms with van der Waals surface area (Å²) in [6, 6.07) is 5.42. The van der Waals surface area contributed by atoms with E-state index in [2.05, 4.69) is 21.4 Å². The Kier molecular flexibility index (Phi) is 7.46. The van der Waals surface area contributed by atoms with Crippen LogP contribution in [-0.4, -0.2) is 85.6 Å². The summed E-state index contributed by atoms with van der Waals surface area (Å²) < 4.78 is 39.5. The molecule has 4 rings (SSSR count). The van der Waals surface area contributed by atoms with Crippen molar-refractivity contribution in [2.24, 2.45) is 0 Å². The molecule has 0 atom stereocenters. The van der Waals surface area contributed by atoms with Crippen molar-refractivity contribution in [3.05, 3.63) is 33.1 Å². The Balaban J connectivity index is 1.31. The SMILES string of the molecule is CC(C)(C)OC(=O)N1CCC(NN2CCN(S(=O)(=O)C3=Cc4ccc(Br)cc4OC3)CC2=O)CC1. The summed E-state index contributed by atoms with van der Waals surface area (Å²) in [4.78, 5) is 26.8. The first-order valence-corrected chi connectivity index (χ1v) is 13.8. The van der Waals surface area contributed by atoms with Crippen molar-refractivity contribution >= 4 is 44.0 Å². The van der Waals surface area contributed by atoms with E-state index in [1.165, 1.54) is 9.31 Å². The summed E-state index contributed by atoms with van der Waals surface area (Å²) in [6.07, 6.45) is 2.62. The van der Waals surface area contributed by atoms with Gasteiger partial charge in [0.1, 0.15) is 18.0 Å². The second kappa shape index (κ2) is 10.1. The van der Waals surface area contributed by atoms with Gasteiger partial charge in [-0.3, -0.25) is 9.80 Å². The predicted octanol–water partition coefficient (Wildman–Crippen LogP) is 2.56. The average molecular weight is 571 g/mol. The van der Waals surface area contributed by atoms with Gasteiger partial charge in [0.15, 0.2) is 0 Å². The van der Waals surface area contributed by atoms with Gasteiger partial charge in [-0.2, -0.15) is 4.31 Å². The monoisotopic (exact) mass is 570 g/mol. The molecule has 3 aliphatic rings. The molecule has 10 nitrogen and oxygen atoms in total. The Morgan fingerprint density at radius 3 is 2.54 bits per heavy atom. The molecule has 0 bridgehead atoms. The summed E-state index contributed by atoms with van der Waals surface area (Å²) in [5.74, 6) is 0.303. The molecule has 12 heteroatoms. The zero-order chi connectivity index (χ0) is 25.4. The van der Waals surface area contributed by atoms with Gasteiger partial charge in [0.05, 0.1) is 18.0 Å². The number of rotatable bonds is 4. The number of fused-ring (bicyclic) bond motifs is 1. The van der Waals surface area contributed by atoms with Crippen LogP contribution in [0.2, 0.25) is 0 Å². The van der Waals surface area contributed by atoms with E-state index in [9.17, 15) is 18.0 Å². The van der Waals surface area contributed by atoms with Crippen molar-refractivity contribution in [2.75, 3.05) is 39.3 Å². The fraction of sp³-hybridized carbons (Fsp3) is 0.565. The lowest BCUT2D eigenvalue weighted by atomic mass is 10.1. The number of carbonyl (C=O) groups is 2. The highest BCUT2D eigenvalue weighted by Gasteiger charge is 2.36. The third kappa shape index (κ3) is 6.16. The lowest BCUT2D eigenvalue weighted by Crippen LogP contribution is -2.60. The Labute approximate surface area is 214 Å². The fourth-order valence-corrected chi connectivity index (χ4v) is 5.92. The molecule has 2 saturated heterocycles. The van der Waals surface area contributed by atoms with Crippen LogP contribution in [0.25, 0.3) is 6.08 Å². The largest absolute Gasteiger partial charge is 0.487 e. The minimum absolute atomic E-state index is 0.0195. The van der Waals surface area contributed by atoms with Crippen molar-refractivity contribution in [3.8, 4) is 5.75 Å². The number of hydrazine groups is 1. The zero-order valence-corrected chi connectivity index (χ0v) is 22.5. The maximum Gasteiger partial charge on any atom is 0.410 e. The molecule has 1 aromatic carbocycles. The molecule has 2 fully saturated rings. The molecule has 1 N–H and O–H groups in total. The molecule has 0 aliphatic carbocycles. The predicted molar refractivity (Wildman–Crippen MR) is 134 cm³/mol. The van der Waals surface area contributed by atoms with E-state index < -0.39 is 15.6 Å². The van der Waals surface area contributed by atoms with Gasteiger partial charge in [-0.15, -0.1) is 0 Å². The van der Waals surface area contributed by atoms with Gasteiger partial charge in [-0.05, 0) is 51.8 Å². The number of amides is 2. The molecule has 0 aromatic heterocycles. The standard InChI is InChI=1S/C23H31BrN4O6S/c1-23(2,3)34-22(30)26-8-6-18(7-9-26)25-28-11-10-27(14-21(28)29)35(31,32)19-12-16-4-5-17(24)13-20(16)33-15-19/h4-5,12-13,18,25H,6-11,14-15H2,1-3H3. The number of likely N-dealkylation sites (tertiary alicyclic amines) is 1. The van der Waals surface area contributed by atoms with Crippen molar-refractivity contribution in [3.63, 3.8) is 0 Å². The topological polar surface area (TPSA) is 108 Å². The number of nitrogens with one attached hydrogen (secondary N) is 1. The minimum Gasteiger partial charge on any atom is -0.487 e. The number of carbonyl (C=O) groups excluding carboxylic acids is 2. The third-order valence-corrected chi connectivity index (χ3v) is 8.39. The normalized spacial score (nSPS) is 20.2. The third-order valence-electron chi connectivity index (χ3n) is 6.00. The maximum absolute atomic E-state index is 13.2. The van der Waals surface area contributed by atoms with Crippen molar-refractivity contribution in [1.82, 2.24) is 19.6 Å². The van der Waals surface area contributed by atoms with E-state index in [0.29, 0.717) is 37.2 Å². The van der Waals surface area contributed by atoms with Crippen LogP contribution in [0.15, 0.2) is 27.6 Å². The number of hydrogen-bond acceptors (Lipinski definition) is 7. The van der Waals surface area contributed by atoms with E-state index in [0.717, 1.165) is 4.47 Å². The molecule has 192 valence electrons. The van der Waals surface area contributed by atoms with E-state index in [1.54, 1.807) is 23.1 Å². The number of benzene rings is 1. The Bertz CT molecular complexity index is 1130. The van der Waals surface area contributed by atoms with Gasteiger partial charge >= 0.3 is 6.09 Å². The first-order chi connectivity index (χ1) is 16.4. The molecule has 3 aliphatic heterocycles. The van der Waals surface area contributed by atoms with Crippen LogP contribution < -0.4 is 10.2 Å². The minimum atomic E-state index is -3.83. The average Bonchev–Trinajstić information content (AvgIpc) is 2.79. The summed E-state index contributed by atoms with van der Waals surface area (Å²) in [6.45, 7) is 6.67. The number of hydrogen-bond donors (Lipinski definition) is 1. The van der Waals surface area contributed by atoms with Crippen molar-refractivity contribution in [2.45, 2.75) is 45.3 Å². The zero-order valence-electron chi connectivity index (χ0n) is 20.1. The summed E-state index contributed by atoms with van der Waals surface area (Å²) >= 11 is 3.38. The van der Waals surface area contributed by atoms with Gasteiger partial charge < -0.3 is 14.4 Å². The van der Waals surface area contributed by atoms with Crippen LogP contribution in [-0.2, 0) is 19.6 Å². The molecular formula is C23H31BrN4O6S. The quantitative estimate of drug-likeness (QED) is 0.592. The lowest BCUT2D eigenvalue weighted by molar-refractivity contribution is -0.138. The highest BCUT2D eigenvalue weighted by molar-refractivity contribution is 9.10. The van der Waals surface area contributed by atoms with E-state index in [4.69, 9.17) is 9.47 Å². The smallest absolute Gasteiger partial charge is 0.410 e. The highest BCUT2D eigenvalue weighted by Crippen LogP contribution is 2.32. The number of piperidine rings is 1. The number of nitrogens with zero attached hydrogens (tertiary/aromatic N) is 3. The second-order valence-corrected chi connectivity index (χ2v) is 12.7. The van der Waals surface area contributed by atoms with E-state index >= 15 is 0 Å². The van der Waals surface area contributed by atoms with Gasteiger partial charge in [-0.1, -0.05) is 22.0 Å². The number of piperazine rings is 1. The molecule has 0 radical (unpaired) electrons. The molecule has 0 unspecified atom stereocenters. The first kappa shape index (κ1) is 25.9. The molecule has 35 heavy (non-hydrogen) atoms. The molecule has 2 amide bonds. The van der Waals surface area contributed by atoms with Crippen LogP contribution in [0.3, 0.4) is 0 Å². The molecular weight excluding hydrogens is 540 g/mol. The van der Waals surface area contributed by atoms with Gasteiger partial charge in [0.25, 0.3) is 5.91 Å². The Morgan fingerprint density at radius 1 is 1.17 bits per heavy atom. The molecule has 0 saturated carbocycles. The fourth-order valence-electron chi connectivity index (χ4n) is 4.16. The molecule has 1 aromatic rings. The van der Waals surface area contributed by atoms with Crippen LogP contribution in [0.4, 0.5) is 4.79 Å². The number of ether oxygens (including phenoxy) is 2. The maximum atomic E-state index is 13.2. The number of halogens is 1. The Hall–Kier alpha value is -2.15. The summed E-state index contributed by atoms with van der Waals surface area (Å²) in [5, 5.41) is 1.50. The highest BCUT2D eigenvalue weighted by atomic mass is 79.9. The van der Waals surface area contributed by atoms with Crippen molar-refractivity contribution in [1.29, 1.82) is 0 Å². The number of sulfonamides is 1. The van der Waals surface area contributed by atoms with Gasteiger partial charge in [0, 0.05) is 35.7 Å². The van der Waals surface area contributed by atoms with Crippen LogP contribution >= 0.6 is 15.9 Å². The Morgan fingerprint density at radius 2 is 1.89 bits per heavy atom.